The highest BCUT2D eigenvalue weighted by atomic mass is 35.5. The van der Waals surface area contributed by atoms with Crippen LogP contribution in [0.25, 0.3) is 0 Å². The first-order valence-corrected chi connectivity index (χ1v) is 5.09. The molecule has 14 heavy (non-hydrogen) atoms. The predicted molar refractivity (Wildman–Crippen MR) is 57.8 cm³/mol. The third kappa shape index (κ3) is 1.39. The van der Waals surface area contributed by atoms with Gasteiger partial charge in [-0.25, -0.2) is 0 Å². The zero-order valence-electron chi connectivity index (χ0n) is 8.43. The molecule has 3 heteroatoms. The number of halogens is 1. The van der Waals surface area contributed by atoms with Crippen LogP contribution in [0.3, 0.4) is 0 Å². The van der Waals surface area contributed by atoms with E-state index in [0.717, 1.165) is 34.7 Å². The summed E-state index contributed by atoms with van der Waals surface area (Å²) in [5.41, 5.74) is 7.94. The van der Waals surface area contributed by atoms with Crippen molar-refractivity contribution in [3.05, 3.63) is 28.3 Å². The van der Waals surface area contributed by atoms with Gasteiger partial charge in [-0.15, -0.1) is 0 Å². The Morgan fingerprint density at radius 3 is 2.57 bits per heavy atom. The number of methoxy groups -OCH3 is 1. The molecule has 0 amide bonds. The van der Waals surface area contributed by atoms with Gasteiger partial charge in [0, 0.05) is 11.1 Å². The summed E-state index contributed by atoms with van der Waals surface area (Å²) in [7, 11) is 1.65. The molecule has 0 radical (unpaired) electrons. The Balaban J connectivity index is 2.59. The number of hydrogen-bond donors (Lipinski definition) is 1. The lowest BCUT2D eigenvalue weighted by atomic mass is 10.0. The first-order chi connectivity index (χ1) is 6.58. The maximum atomic E-state index is 6.24. The molecule has 76 valence electrons. The van der Waals surface area contributed by atoms with E-state index in [-0.39, 0.29) is 5.54 Å². The molecule has 0 unspecified atom stereocenters. The van der Waals surface area contributed by atoms with Crippen LogP contribution in [-0.4, -0.2) is 7.11 Å². The number of aryl methyl sites for hydroxylation is 1. The average molecular weight is 212 g/mol. The lowest BCUT2D eigenvalue weighted by molar-refractivity contribution is 0.404. The second-order valence-electron chi connectivity index (χ2n) is 3.93. The number of rotatable bonds is 2. The molecule has 0 atom stereocenters. The third-order valence-corrected chi connectivity index (χ3v) is 3.29. The van der Waals surface area contributed by atoms with Gasteiger partial charge >= 0.3 is 0 Å². The van der Waals surface area contributed by atoms with E-state index < -0.39 is 0 Å². The summed E-state index contributed by atoms with van der Waals surface area (Å²) in [5, 5.41) is 0.754. The van der Waals surface area contributed by atoms with Crippen molar-refractivity contribution >= 4 is 11.6 Å². The highest BCUT2D eigenvalue weighted by Gasteiger charge is 2.44. The first-order valence-electron chi connectivity index (χ1n) is 4.71. The maximum Gasteiger partial charge on any atom is 0.125 e. The molecule has 2 nitrogen and oxygen atoms in total. The van der Waals surface area contributed by atoms with Crippen LogP contribution in [0.4, 0.5) is 0 Å². The van der Waals surface area contributed by atoms with Crippen molar-refractivity contribution in [2.45, 2.75) is 25.3 Å². The van der Waals surface area contributed by atoms with Gasteiger partial charge < -0.3 is 10.5 Å². The minimum atomic E-state index is -0.242. The van der Waals surface area contributed by atoms with Crippen molar-refractivity contribution < 1.29 is 4.74 Å². The van der Waals surface area contributed by atoms with Crippen LogP contribution in [-0.2, 0) is 5.54 Å². The molecule has 0 saturated heterocycles. The zero-order chi connectivity index (χ0) is 10.3. The smallest absolute Gasteiger partial charge is 0.125 e. The lowest BCUT2D eigenvalue weighted by Gasteiger charge is -2.17. The van der Waals surface area contributed by atoms with E-state index in [0.29, 0.717) is 0 Å². The Morgan fingerprint density at radius 2 is 2.07 bits per heavy atom. The lowest BCUT2D eigenvalue weighted by Crippen LogP contribution is -2.20. The monoisotopic (exact) mass is 211 g/mol. The van der Waals surface area contributed by atoms with Crippen molar-refractivity contribution in [3.8, 4) is 5.75 Å². The average Bonchev–Trinajstić information content (AvgIpc) is 2.89. The fraction of sp³-hybridized carbons (Fsp3) is 0.455. The molecule has 1 aliphatic carbocycles. The van der Waals surface area contributed by atoms with Gasteiger partial charge in [-0.05, 0) is 31.4 Å². The highest BCUT2D eigenvalue weighted by molar-refractivity contribution is 6.32. The summed E-state index contributed by atoms with van der Waals surface area (Å²) >= 11 is 6.24. The Labute approximate surface area is 89.0 Å². The van der Waals surface area contributed by atoms with E-state index >= 15 is 0 Å². The van der Waals surface area contributed by atoms with Gasteiger partial charge in [0.05, 0.1) is 12.1 Å². The first kappa shape index (κ1) is 9.81. The van der Waals surface area contributed by atoms with Gasteiger partial charge in [-0.2, -0.15) is 0 Å². The molecule has 0 heterocycles. The molecule has 1 aliphatic rings. The van der Waals surface area contributed by atoms with Crippen molar-refractivity contribution in [1.29, 1.82) is 0 Å². The molecule has 1 saturated carbocycles. The van der Waals surface area contributed by atoms with Gasteiger partial charge in [0.1, 0.15) is 5.75 Å². The standard InChI is InChI=1S/C11H14ClNO/c1-7-3-4-8(14-2)9(10(7)12)11(13)5-6-11/h3-4H,5-6,13H2,1-2H3. The number of nitrogens with two attached hydrogens (primary N) is 1. The molecular formula is C11H14ClNO. The summed E-state index contributed by atoms with van der Waals surface area (Å²) in [6.45, 7) is 1.98. The van der Waals surface area contributed by atoms with E-state index in [1.54, 1.807) is 7.11 Å². The summed E-state index contributed by atoms with van der Waals surface area (Å²) in [5.74, 6) is 0.806. The van der Waals surface area contributed by atoms with E-state index in [4.69, 9.17) is 22.1 Å². The maximum absolute atomic E-state index is 6.24. The Bertz CT molecular complexity index is 372. The largest absolute Gasteiger partial charge is 0.496 e. The van der Waals surface area contributed by atoms with Crippen molar-refractivity contribution in [2.75, 3.05) is 7.11 Å². The number of benzene rings is 1. The second kappa shape index (κ2) is 3.14. The summed E-state index contributed by atoms with van der Waals surface area (Å²) < 4.78 is 5.28. The molecule has 0 aliphatic heterocycles. The second-order valence-corrected chi connectivity index (χ2v) is 4.31. The van der Waals surface area contributed by atoms with E-state index in [1.807, 2.05) is 19.1 Å². The quantitative estimate of drug-likeness (QED) is 0.816. The minimum absolute atomic E-state index is 0.242. The molecular weight excluding hydrogens is 198 g/mol. The van der Waals surface area contributed by atoms with Gasteiger partial charge in [0.15, 0.2) is 0 Å². The molecule has 1 fully saturated rings. The molecule has 0 aromatic heterocycles. The van der Waals surface area contributed by atoms with E-state index in [9.17, 15) is 0 Å². The van der Waals surface area contributed by atoms with Crippen molar-refractivity contribution in [3.63, 3.8) is 0 Å². The van der Waals surface area contributed by atoms with Crippen molar-refractivity contribution in [1.82, 2.24) is 0 Å². The molecule has 2 N–H and O–H groups in total. The van der Waals surface area contributed by atoms with Crippen LogP contribution < -0.4 is 10.5 Å². The molecule has 0 spiro atoms. The fourth-order valence-electron chi connectivity index (χ4n) is 1.68. The normalized spacial score (nSPS) is 18.0. The van der Waals surface area contributed by atoms with Crippen LogP contribution in [0, 0.1) is 6.92 Å². The minimum Gasteiger partial charge on any atom is -0.496 e. The van der Waals surface area contributed by atoms with Crippen LogP contribution >= 0.6 is 11.6 Å². The Morgan fingerprint density at radius 1 is 1.43 bits per heavy atom. The molecule has 1 aromatic carbocycles. The van der Waals surface area contributed by atoms with E-state index in [2.05, 4.69) is 0 Å². The van der Waals surface area contributed by atoms with Crippen LogP contribution in [0.15, 0.2) is 12.1 Å². The van der Waals surface area contributed by atoms with Crippen molar-refractivity contribution in [2.24, 2.45) is 5.73 Å². The molecule has 1 aromatic rings. The third-order valence-electron chi connectivity index (χ3n) is 2.80. The summed E-state index contributed by atoms with van der Waals surface area (Å²) in [6.07, 6.45) is 1.99. The zero-order valence-corrected chi connectivity index (χ0v) is 9.19. The van der Waals surface area contributed by atoms with Crippen LogP contribution in [0.1, 0.15) is 24.0 Å². The molecule has 2 rings (SSSR count). The van der Waals surface area contributed by atoms with Gasteiger partial charge in [0.2, 0.25) is 0 Å². The number of hydrogen-bond acceptors (Lipinski definition) is 2. The Kier molecular flexibility index (Phi) is 2.20. The SMILES string of the molecule is COc1ccc(C)c(Cl)c1C1(N)CC1. The van der Waals surface area contributed by atoms with E-state index in [1.165, 1.54) is 0 Å². The van der Waals surface area contributed by atoms with Crippen LogP contribution in [0.2, 0.25) is 5.02 Å². The topological polar surface area (TPSA) is 35.2 Å². The summed E-state index contributed by atoms with van der Waals surface area (Å²) in [6, 6.07) is 3.89. The Hall–Kier alpha value is -0.730. The highest BCUT2D eigenvalue weighted by Crippen LogP contribution is 2.50. The molecule has 0 bridgehead atoms. The fourth-order valence-corrected chi connectivity index (χ4v) is 2.03. The summed E-state index contributed by atoms with van der Waals surface area (Å²) in [4.78, 5) is 0. The van der Waals surface area contributed by atoms with Gasteiger partial charge in [0.25, 0.3) is 0 Å². The number of ether oxygens (including phenoxy) is 1. The van der Waals surface area contributed by atoms with Gasteiger partial charge in [-0.3, -0.25) is 0 Å². The predicted octanol–water partition coefficient (Wildman–Crippen LogP) is 2.60. The van der Waals surface area contributed by atoms with Gasteiger partial charge in [-0.1, -0.05) is 17.7 Å². The van der Waals surface area contributed by atoms with Crippen LogP contribution in [0.5, 0.6) is 5.75 Å².